The van der Waals surface area contributed by atoms with E-state index in [0.717, 1.165) is 36.7 Å². The van der Waals surface area contributed by atoms with E-state index in [0.29, 0.717) is 18.8 Å². The zero-order chi connectivity index (χ0) is 17.1. The van der Waals surface area contributed by atoms with E-state index in [9.17, 15) is 4.79 Å². The molecule has 0 unspecified atom stereocenters. The molecule has 0 aliphatic carbocycles. The van der Waals surface area contributed by atoms with Crippen LogP contribution in [0.2, 0.25) is 0 Å². The van der Waals surface area contributed by atoms with Gasteiger partial charge in [-0.1, -0.05) is 30.3 Å². The molecule has 1 N–H and O–H groups in total. The first-order valence-electron chi connectivity index (χ1n) is 8.44. The lowest BCUT2D eigenvalue weighted by Gasteiger charge is -2.33. The van der Waals surface area contributed by atoms with E-state index in [1.54, 1.807) is 12.1 Å². The fourth-order valence-electron chi connectivity index (χ4n) is 3.09. The quantitative estimate of drug-likeness (QED) is 0.795. The van der Waals surface area contributed by atoms with Crippen molar-refractivity contribution in [2.45, 2.75) is 6.54 Å². The molecule has 3 heterocycles. The van der Waals surface area contributed by atoms with Crippen LogP contribution >= 0.6 is 0 Å². The van der Waals surface area contributed by atoms with Crippen LogP contribution in [0.15, 0.2) is 59.3 Å². The number of nitrogens with zero attached hydrogens (tertiary/aromatic N) is 3. The van der Waals surface area contributed by atoms with E-state index in [2.05, 4.69) is 14.9 Å². The minimum Gasteiger partial charge on any atom is -0.459 e. The van der Waals surface area contributed by atoms with Crippen molar-refractivity contribution in [1.29, 1.82) is 0 Å². The van der Waals surface area contributed by atoms with Gasteiger partial charge in [0.15, 0.2) is 5.76 Å². The Kier molecular flexibility index (Phi) is 4.35. The summed E-state index contributed by atoms with van der Waals surface area (Å²) in [5.74, 6) is 1.27. The first-order chi connectivity index (χ1) is 12.3. The smallest absolute Gasteiger partial charge is 0.289 e. The lowest BCUT2D eigenvalue weighted by molar-refractivity contribution is 0.0596. The largest absolute Gasteiger partial charge is 0.459 e. The number of hydrogen-bond donors (Lipinski definition) is 1. The second-order valence-electron chi connectivity index (χ2n) is 6.17. The number of nitrogens with one attached hydrogen (secondary N) is 1. The molecule has 1 aliphatic rings. The first-order valence-corrected chi connectivity index (χ1v) is 8.44. The van der Waals surface area contributed by atoms with Crippen LogP contribution in [0, 0.1) is 0 Å². The summed E-state index contributed by atoms with van der Waals surface area (Å²) in [6.07, 6.45) is 3.43. The van der Waals surface area contributed by atoms with E-state index in [-0.39, 0.29) is 5.91 Å². The highest BCUT2D eigenvalue weighted by Crippen LogP contribution is 2.16. The van der Waals surface area contributed by atoms with Gasteiger partial charge in [0.05, 0.1) is 6.26 Å². The third-order valence-electron chi connectivity index (χ3n) is 4.46. The molecule has 1 fully saturated rings. The van der Waals surface area contributed by atoms with Crippen molar-refractivity contribution in [2.24, 2.45) is 0 Å². The Hall–Kier alpha value is -2.86. The lowest BCUT2D eigenvalue weighted by atomic mass is 10.2. The molecule has 0 spiro atoms. The van der Waals surface area contributed by atoms with E-state index in [1.165, 1.54) is 6.26 Å². The number of piperazine rings is 1. The molecule has 3 aromatic rings. The average Bonchev–Trinajstić information content (AvgIpc) is 3.35. The summed E-state index contributed by atoms with van der Waals surface area (Å²) < 4.78 is 5.20. The molecule has 1 amide bonds. The van der Waals surface area contributed by atoms with Crippen molar-refractivity contribution in [3.8, 4) is 11.4 Å². The van der Waals surface area contributed by atoms with Gasteiger partial charge in [-0.15, -0.1) is 0 Å². The lowest BCUT2D eigenvalue weighted by Crippen LogP contribution is -2.48. The van der Waals surface area contributed by atoms with Gasteiger partial charge in [-0.05, 0) is 12.1 Å². The van der Waals surface area contributed by atoms with Crippen LogP contribution in [-0.2, 0) is 6.54 Å². The molecule has 6 heteroatoms. The molecule has 25 heavy (non-hydrogen) atoms. The van der Waals surface area contributed by atoms with Crippen LogP contribution in [0.4, 0.5) is 0 Å². The fourth-order valence-corrected chi connectivity index (χ4v) is 3.09. The molecule has 1 aromatic carbocycles. The molecule has 0 bridgehead atoms. The van der Waals surface area contributed by atoms with Crippen LogP contribution < -0.4 is 0 Å². The molecule has 4 rings (SSSR count). The van der Waals surface area contributed by atoms with Gasteiger partial charge in [0, 0.05) is 50.2 Å². The standard InChI is InChI=1S/C19H20N4O2/c24-19(17-7-4-12-25-17)23-10-8-22(9-11-23)14-16-13-20-18(21-16)15-5-2-1-3-6-15/h1-7,12-13H,8-11,14H2,(H,20,21). The van der Waals surface area contributed by atoms with Crippen molar-refractivity contribution in [2.75, 3.05) is 26.2 Å². The maximum Gasteiger partial charge on any atom is 0.289 e. The molecule has 1 aliphatic heterocycles. The highest BCUT2D eigenvalue weighted by molar-refractivity contribution is 5.91. The number of H-pyrrole nitrogens is 1. The van der Waals surface area contributed by atoms with Crippen LogP contribution in [0.25, 0.3) is 11.4 Å². The summed E-state index contributed by atoms with van der Waals surface area (Å²) in [6, 6.07) is 13.6. The number of aromatic amines is 1. The average molecular weight is 336 g/mol. The monoisotopic (exact) mass is 336 g/mol. The van der Waals surface area contributed by atoms with E-state index in [1.807, 2.05) is 41.4 Å². The van der Waals surface area contributed by atoms with Gasteiger partial charge in [-0.2, -0.15) is 0 Å². The summed E-state index contributed by atoms with van der Waals surface area (Å²) in [6.45, 7) is 3.90. The number of carbonyl (C=O) groups excluding carboxylic acids is 1. The van der Waals surface area contributed by atoms with Crippen LogP contribution in [0.1, 0.15) is 16.2 Å². The predicted molar refractivity (Wildman–Crippen MR) is 93.9 cm³/mol. The van der Waals surface area contributed by atoms with Crippen molar-refractivity contribution in [3.63, 3.8) is 0 Å². The van der Waals surface area contributed by atoms with Gasteiger partial charge in [0.25, 0.3) is 5.91 Å². The van der Waals surface area contributed by atoms with Gasteiger partial charge < -0.3 is 14.3 Å². The van der Waals surface area contributed by atoms with E-state index < -0.39 is 0 Å². The Morgan fingerprint density at radius 3 is 2.60 bits per heavy atom. The molecule has 0 atom stereocenters. The SMILES string of the molecule is O=C(c1ccco1)N1CCN(Cc2cnc(-c3ccccc3)[nH]2)CC1. The minimum atomic E-state index is -0.0300. The van der Waals surface area contributed by atoms with Crippen molar-refractivity contribution in [1.82, 2.24) is 19.8 Å². The summed E-state index contributed by atoms with van der Waals surface area (Å²) in [5.41, 5.74) is 2.17. The van der Waals surface area contributed by atoms with Crippen molar-refractivity contribution in [3.05, 3.63) is 66.4 Å². The number of furan rings is 1. The molecule has 128 valence electrons. The van der Waals surface area contributed by atoms with E-state index >= 15 is 0 Å². The maximum atomic E-state index is 12.3. The fraction of sp³-hybridized carbons (Fsp3) is 0.263. The predicted octanol–water partition coefficient (Wildman–Crippen LogP) is 2.63. The number of amides is 1. The second kappa shape index (κ2) is 6.94. The number of hydrogen-bond acceptors (Lipinski definition) is 4. The molecular weight excluding hydrogens is 316 g/mol. The van der Waals surface area contributed by atoms with Crippen LogP contribution in [-0.4, -0.2) is 51.9 Å². The number of carbonyl (C=O) groups is 1. The summed E-state index contributed by atoms with van der Waals surface area (Å²) >= 11 is 0. The summed E-state index contributed by atoms with van der Waals surface area (Å²) in [5, 5.41) is 0. The Morgan fingerprint density at radius 2 is 1.88 bits per heavy atom. The zero-order valence-electron chi connectivity index (χ0n) is 13.9. The number of benzene rings is 1. The molecule has 0 saturated carbocycles. The van der Waals surface area contributed by atoms with Gasteiger partial charge in [-0.3, -0.25) is 9.69 Å². The highest BCUT2D eigenvalue weighted by Gasteiger charge is 2.23. The zero-order valence-corrected chi connectivity index (χ0v) is 13.9. The number of rotatable bonds is 4. The Morgan fingerprint density at radius 1 is 1.08 bits per heavy atom. The Balaban J connectivity index is 1.33. The van der Waals surface area contributed by atoms with E-state index in [4.69, 9.17) is 4.42 Å². The molecule has 2 aromatic heterocycles. The third kappa shape index (κ3) is 3.49. The summed E-state index contributed by atoms with van der Waals surface area (Å²) in [7, 11) is 0. The maximum absolute atomic E-state index is 12.3. The van der Waals surface area contributed by atoms with Gasteiger partial charge >= 0.3 is 0 Å². The molecular formula is C19H20N4O2. The number of imidazole rings is 1. The number of aromatic nitrogens is 2. The second-order valence-corrected chi connectivity index (χ2v) is 6.17. The van der Waals surface area contributed by atoms with Crippen molar-refractivity contribution >= 4 is 5.91 Å². The normalized spacial score (nSPS) is 15.4. The molecule has 6 nitrogen and oxygen atoms in total. The third-order valence-corrected chi connectivity index (χ3v) is 4.46. The van der Waals surface area contributed by atoms with Gasteiger partial charge in [0.2, 0.25) is 0 Å². The molecule has 1 saturated heterocycles. The topological polar surface area (TPSA) is 65.4 Å². The minimum absolute atomic E-state index is 0.0300. The van der Waals surface area contributed by atoms with Crippen LogP contribution in [0.5, 0.6) is 0 Å². The van der Waals surface area contributed by atoms with Gasteiger partial charge in [-0.25, -0.2) is 4.98 Å². The Labute approximate surface area is 146 Å². The molecule has 0 radical (unpaired) electrons. The van der Waals surface area contributed by atoms with Gasteiger partial charge in [0.1, 0.15) is 5.82 Å². The highest BCUT2D eigenvalue weighted by atomic mass is 16.3. The summed E-state index contributed by atoms with van der Waals surface area (Å²) in [4.78, 5) is 24.3. The first kappa shape index (κ1) is 15.7. The Bertz CT molecular complexity index is 818. The van der Waals surface area contributed by atoms with Crippen molar-refractivity contribution < 1.29 is 9.21 Å². The van der Waals surface area contributed by atoms with Crippen LogP contribution in [0.3, 0.4) is 0 Å².